The molecule has 0 amide bonds. The Hall–Kier alpha value is -1.77. The first-order valence-electron chi connectivity index (χ1n) is 7.74. The van der Waals surface area contributed by atoms with E-state index >= 15 is 0 Å². The van der Waals surface area contributed by atoms with Gasteiger partial charge < -0.3 is 5.32 Å². The quantitative estimate of drug-likeness (QED) is 0.640. The maximum absolute atomic E-state index is 13.4. The fourth-order valence-electron chi connectivity index (χ4n) is 2.40. The summed E-state index contributed by atoms with van der Waals surface area (Å²) in [5.74, 6) is -0.596. The fourth-order valence-corrected chi connectivity index (χ4v) is 4.14. The maximum Gasteiger partial charge on any atom is 0.268 e. The number of rotatable bonds is 4. The van der Waals surface area contributed by atoms with E-state index in [0.717, 1.165) is 21.0 Å². The van der Waals surface area contributed by atoms with Crippen LogP contribution in [-0.4, -0.2) is 24.4 Å². The molecular formula is C17H19BrFN3O2S. The number of nitrogens with zero attached hydrogens (tertiary/aromatic N) is 2. The van der Waals surface area contributed by atoms with Gasteiger partial charge in [-0.05, 0) is 52.8 Å². The highest BCUT2D eigenvalue weighted by Crippen LogP contribution is 2.27. The van der Waals surface area contributed by atoms with Crippen LogP contribution in [0.1, 0.15) is 19.4 Å². The van der Waals surface area contributed by atoms with Gasteiger partial charge in [-0.3, -0.25) is 0 Å². The molecule has 0 aliphatic heterocycles. The molecule has 0 fully saturated rings. The molecule has 3 aromatic rings. The maximum atomic E-state index is 13.4. The van der Waals surface area contributed by atoms with E-state index in [-0.39, 0.29) is 4.90 Å². The van der Waals surface area contributed by atoms with Crippen LogP contribution < -0.4 is 5.32 Å². The number of hydrogen-bond acceptors (Lipinski definition) is 4. The van der Waals surface area contributed by atoms with Crippen LogP contribution in [0.25, 0.3) is 10.9 Å². The molecule has 0 aliphatic carbocycles. The lowest BCUT2D eigenvalue weighted by molar-refractivity contribution is 0.584. The van der Waals surface area contributed by atoms with E-state index in [1.807, 2.05) is 13.8 Å². The summed E-state index contributed by atoms with van der Waals surface area (Å²) in [7, 11) is -2.13. The van der Waals surface area contributed by atoms with Gasteiger partial charge in [-0.1, -0.05) is 19.9 Å². The summed E-state index contributed by atoms with van der Waals surface area (Å²) in [6.07, 6.45) is 3.15. The molecule has 25 heavy (non-hydrogen) atoms. The van der Waals surface area contributed by atoms with Crippen LogP contribution in [0.2, 0.25) is 0 Å². The molecule has 3 rings (SSSR count). The molecular weight excluding hydrogens is 409 g/mol. The Morgan fingerprint density at radius 3 is 2.64 bits per heavy atom. The van der Waals surface area contributed by atoms with Crippen LogP contribution >= 0.6 is 15.9 Å². The Kier molecular flexibility index (Phi) is 6.31. The van der Waals surface area contributed by atoms with Gasteiger partial charge in [0.2, 0.25) is 0 Å². The Balaban J connectivity index is 0.00000109. The summed E-state index contributed by atoms with van der Waals surface area (Å²) in [5, 5.41) is 3.72. The lowest BCUT2D eigenvalue weighted by atomic mass is 10.2. The Labute approximate surface area is 155 Å². The first-order chi connectivity index (χ1) is 11.9. The number of nitrogens with one attached hydrogen (secondary N) is 1. The van der Waals surface area contributed by atoms with Crippen molar-refractivity contribution in [2.75, 3.05) is 7.05 Å². The lowest BCUT2D eigenvalue weighted by Crippen LogP contribution is -2.12. The minimum Gasteiger partial charge on any atom is -0.316 e. The number of fused-ring (bicyclic) bond motifs is 1. The number of hydrogen-bond donors (Lipinski definition) is 1. The predicted octanol–water partition coefficient (Wildman–Crippen LogP) is 3.92. The van der Waals surface area contributed by atoms with Crippen molar-refractivity contribution in [3.05, 3.63) is 58.7 Å². The van der Waals surface area contributed by atoms with Crippen LogP contribution in [0.5, 0.6) is 0 Å². The molecule has 0 saturated carbocycles. The molecule has 1 N–H and O–H groups in total. The molecule has 0 spiro atoms. The van der Waals surface area contributed by atoms with Gasteiger partial charge >= 0.3 is 0 Å². The SMILES string of the molecule is CC.CNCc1cn(S(=O)(=O)c2cccc(F)c2)c2cc(Br)ncc12. The zero-order valence-electron chi connectivity index (χ0n) is 14.1. The minimum absolute atomic E-state index is 0.0988. The molecule has 1 aromatic carbocycles. The van der Waals surface area contributed by atoms with Crippen molar-refractivity contribution in [3.63, 3.8) is 0 Å². The molecule has 0 aliphatic rings. The van der Waals surface area contributed by atoms with Gasteiger partial charge in [-0.2, -0.15) is 0 Å². The van der Waals surface area contributed by atoms with Crippen LogP contribution in [0.4, 0.5) is 4.39 Å². The molecule has 0 atom stereocenters. The monoisotopic (exact) mass is 427 g/mol. The molecule has 0 bridgehead atoms. The highest BCUT2D eigenvalue weighted by Gasteiger charge is 2.22. The second-order valence-corrected chi connectivity index (χ2v) is 7.59. The van der Waals surface area contributed by atoms with Crippen LogP contribution in [0, 0.1) is 5.82 Å². The molecule has 5 nitrogen and oxygen atoms in total. The molecule has 8 heteroatoms. The normalized spacial score (nSPS) is 11.2. The number of aromatic nitrogens is 2. The first-order valence-corrected chi connectivity index (χ1v) is 9.98. The van der Waals surface area contributed by atoms with E-state index in [1.54, 1.807) is 19.3 Å². The van der Waals surface area contributed by atoms with Gasteiger partial charge in [-0.25, -0.2) is 21.8 Å². The first kappa shape index (κ1) is 19.6. The topological polar surface area (TPSA) is 64.0 Å². The number of benzene rings is 1. The Morgan fingerprint density at radius 1 is 1.28 bits per heavy atom. The largest absolute Gasteiger partial charge is 0.316 e. The van der Waals surface area contributed by atoms with Gasteiger partial charge in [0, 0.05) is 24.3 Å². The summed E-state index contributed by atoms with van der Waals surface area (Å²) in [6.45, 7) is 4.49. The summed E-state index contributed by atoms with van der Waals surface area (Å²) < 4.78 is 40.8. The predicted molar refractivity (Wildman–Crippen MR) is 101 cm³/mol. The van der Waals surface area contributed by atoms with Crippen LogP contribution in [0.3, 0.4) is 0 Å². The summed E-state index contributed by atoms with van der Waals surface area (Å²) in [5.41, 5.74) is 1.28. The standard InChI is InChI=1S/C15H13BrFN3O2S.C2H6/c1-18-7-10-9-20(14-6-15(16)19-8-13(10)14)23(21,22)12-4-2-3-11(17)5-12;1-2/h2-6,8-9,18H,7H2,1H3;1-2H3. The van der Waals surface area contributed by atoms with E-state index in [1.165, 1.54) is 24.4 Å². The molecule has 0 saturated heterocycles. The van der Waals surface area contributed by atoms with Crippen molar-refractivity contribution < 1.29 is 12.8 Å². The lowest BCUT2D eigenvalue weighted by Gasteiger charge is -2.07. The van der Waals surface area contributed by atoms with Gasteiger partial charge in [0.25, 0.3) is 10.0 Å². The van der Waals surface area contributed by atoms with Crippen LogP contribution in [0.15, 0.2) is 52.2 Å². The Morgan fingerprint density at radius 2 is 2.00 bits per heavy atom. The number of halogens is 2. The minimum atomic E-state index is -3.90. The summed E-state index contributed by atoms with van der Waals surface area (Å²) in [6, 6.07) is 6.60. The van der Waals surface area contributed by atoms with Gasteiger partial charge in [-0.15, -0.1) is 0 Å². The fraction of sp³-hybridized carbons (Fsp3) is 0.235. The smallest absolute Gasteiger partial charge is 0.268 e. The highest BCUT2D eigenvalue weighted by molar-refractivity contribution is 9.10. The molecule has 134 valence electrons. The average Bonchev–Trinajstić information content (AvgIpc) is 2.95. The second-order valence-electron chi connectivity index (χ2n) is 4.97. The van der Waals surface area contributed by atoms with Crippen molar-refractivity contribution in [2.24, 2.45) is 0 Å². The van der Waals surface area contributed by atoms with Crippen molar-refractivity contribution >= 4 is 36.9 Å². The zero-order valence-corrected chi connectivity index (χ0v) is 16.5. The van der Waals surface area contributed by atoms with Crippen molar-refractivity contribution in [3.8, 4) is 0 Å². The van der Waals surface area contributed by atoms with E-state index in [9.17, 15) is 12.8 Å². The molecule has 0 radical (unpaired) electrons. The Bertz CT molecular complexity index is 987. The van der Waals surface area contributed by atoms with E-state index in [0.29, 0.717) is 16.7 Å². The van der Waals surface area contributed by atoms with Crippen molar-refractivity contribution in [1.82, 2.24) is 14.3 Å². The highest BCUT2D eigenvalue weighted by atomic mass is 79.9. The zero-order chi connectivity index (χ0) is 18.6. The van der Waals surface area contributed by atoms with Gasteiger partial charge in [0.1, 0.15) is 10.4 Å². The number of pyridine rings is 1. The summed E-state index contributed by atoms with van der Waals surface area (Å²) in [4.78, 5) is 4.05. The van der Waals surface area contributed by atoms with Crippen molar-refractivity contribution in [2.45, 2.75) is 25.3 Å². The van der Waals surface area contributed by atoms with Crippen LogP contribution in [-0.2, 0) is 16.6 Å². The van der Waals surface area contributed by atoms with E-state index in [2.05, 4.69) is 26.2 Å². The molecule has 2 heterocycles. The van der Waals surface area contributed by atoms with Gasteiger partial charge in [0.15, 0.2) is 0 Å². The third-order valence-corrected chi connectivity index (χ3v) is 5.53. The summed E-state index contributed by atoms with van der Waals surface area (Å²) >= 11 is 3.25. The van der Waals surface area contributed by atoms with E-state index in [4.69, 9.17) is 0 Å². The molecule has 0 unspecified atom stereocenters. The average molecular weight is 428 g/mol. The molecule has 2 aromatic heterocycles. The third kappa shape index (κ3) is 3.91. The van der Waals surface area contributed by atoms with Crippen molar-refractivity contribution in [1.29, 1.82) is 0 Å². The second kappa shape index (κ2) is 8.07. The van der Waals surface area contributed by atoms with Gasteiger partial charge in [0.05, 0.1) is 10.4 Å². The van der Waals surface area contributed by atoms with E-state index < -0.39 is 15.8 Å². The third-order valence-electron chi connectivity index (χ3n) is 3.43.